The molecule has 5 nitrogen and oxygen atoms in total. The van der Waals surface area contributed by atoms with Crippen LogP contribution in [0.15, 0.2) is 46.9 Å². The molecule has 0 amide bonds. The molecule has 7 heteroatoms. The first-order valence-corrected chi connectivity index (χ1v) is 7.90. The fourth-order valence-electron chi connectivity index (χ4n) is 2.61. The maximum atomic E-state index is 14.2. The molecule has 0 bridgehead atoms. The summed E-state index contributed by atoms with van der Waals surface area (Å²) in [5.74, 6) is -0.587. The smallest absolute Gasteiger partial charge is 0.272 e. The highest BCUT2D eigenvalue weighted by Gasteiger charge is 2.24. The number of ether oxygens (including phenoxy) is 1. The van der Waals surface area contributed by atoms with E-state index >= 15 is 0 Å². The molecular formula is C16H14BrFN2O3. The number of nitro benzene ring substituents is 1. The zero-order chi connectivity index (χ0) is 16.4. The first kappa shape index (κ1) is 15.9. The van der Waals surface area contributed by atoms with E-state index in [4.69, 9.17) is 4.74 Å². The SMILES string of the molecule is O=[N+]([O-])c1ccc(N2CCOC(c3ccc(Br)cc3)C2)c(F)c1. The quantitative estimate of drug-likeness (QED) is 0.594. The molecule has 0 spiro atoms. The second-order valence-electron chi connectivity index (χ2n) is 5.25. The molecule has 1 heterocycles. The largest absolute Gasteiger partial charge is 0.370 e. The Bertz CT molecular complexity index is 724. The van der Waals surface area contributed by atoms with Gasteiger partial charge in [0.15, 0.2) is 5.82 Å². The Labute approximate surface area is 141 Å². The van der Waals surface area contributed by atoms with Gasteiger partial charge in [0.1, 0.15) is 6.10 Å². The molecule has 1 aliphatic rings. The van der Waals surface area contributed by atoms with Gasteiger partial charge in [-0.3, -0.25) is 10.1 Å². The summed E-state index contributed by atoms with van der Waals surface area (Å²) >= 11 is 3.39. The van der Waals surface area contributed by atoms with Gasteiger partial charge in [-0.05, 0) is 23.8 Å². The zero-order valence-corrected chi connectivity index (χ0v) is 13.7. The predicted octanol–water partition coefficient (Wildman–Crippen LogP) is 4.07. The normalized spacial score (nSPS) is 18.0. The summed E-state index contributed by atoms with van der Waals surface area (Å²) in [4.78, 5) is 12.0. The van der Waals surface area contributed by atoms with Crippen LogP contribution in [0.25, 0.3) is 0 Å². The number of halogens is 2. The van der Waals surface area contributed by atoms with E-state index in [0.717, 1.165) is 16.1 Å². The van der Waals surface area contributed by atoms with Crippen molar-refractivity contribution in [2.75, 3.05) is 24.6 Å². The van der Waals surface area contributed by atoms with Gasteiger partial charge in [0.25, 0.3) is 5.69 Å². The van der Waals surface area contributed by atoms with Crippen molar-refractivity contribution in [1.82, 2.24) is 0 Å². The highest BCUT2D eigenvalue weighted by atomic mass is 79.9. The molecule has 3 rings (SSSR count). The number of non-ortho nitro benzene ring substituents is 1. The summed E-state index contributed by atoms with van der Waals surface area (Å²) < 4.78 is 20.9. The van der Waals surface area contributed by atoms with Gasteiger partial charge < -0.3 is 9.64 Å². The molecule has 0 saturated carbocycles. The lowest BCUT2D eigenvalue weighted by atomic mass is 10.1. The van der Waals surface area contributed by atoms with E-state index in [-0.39, 0.29) is 11.8 Å². The van der Waals surface area contributed by atoms with Gasteiger partial charge in [0.2, 0.25) is 0 Å². The predicted molar refractivity (Wildman–Crippen MR) is 88.1 cm³/mol. The van der Waals surface area contributed by atoms with E-state index in [1.54, 1.807) is 0 Å². The lowest BCUT2D eigenvalue weighted by Crippen LogP contribution is -2.38. The Balaban J connectivity index is 1.81. The fraction of sp³-hybridized carbons (Fsp3) is 0.250. The number of nitro groups is 1. The Morgan fingerprint density at radius 3 is 2.65 bits per heavy atom. The molecule has 1 unspecified atom stereocenters. The van der Waals surface area contributed by atoms with Gasteiger partial charge in [-0.2, -0.15) is 0 Å². The summed E-state index contributed by atoms with van der Waals surface area (Å²) in [6.07, 6.45) is -0.161. The highest BCUT2D eigenvalue weighted by Crippen LogP contribution is 2.30. The minimum Gasteiger partial charge on any atom is -0.370 e. The Kier molecular flexibility index (Phi) is 4.58. The Morgan fingerprint density at radius 1 is 1.26 bits per heavy atom. The molecule has 0 radical (unpaired) electrons. The van der Waals surface area contributed by atoms with Crippen molar-refractivity contribution in [3.05, 3.63) is 68.4 Å². The average molecular weight is 381 g/mol. The zero-order valence-electron chi connectivity index (χ0n) is 12.1. The van der Waals surface area contributed by atoms with E-state index in [1.165, 1.54) is 12.1 Å². The third-order valence-corrected chi connectivity index (χ3v) is 4.32. The second-order valence-corrected chi connectivity index (χ2v) is 6.17. The van der Waals surface area contributed by atoms with Crippen molar-refractivity contribution in [3.8, 4) is 0 Å². The van der Waals surface area contributed by atoms with Crippen LogP contribution in [0, 0.1) is 15.9 Å². The van der Waals surface area contributed by atoms with Crippen molar-refractivity contribution in [1.29, 1.82) is 0 Å². The summed E-state index contributed by atoms with van der Waals surface area (Å²) in [6, 6.07) is 11.5. The third-order valence-electron chi connectivity index (χ3n) is 3.79. The molecule has 120 valence electrons. The maximum Gasteiger partial charge on any atom is 0.272 e. The minimum absolute atomic E-state index is 0.161. The number of hydrogen-bond donors (Lipinski definition) is 0. The van der Waals surface area contributed by atoms with Crippen molar-refractivity contribution >= 4 is 27.3 Å². The average Bonchev–Trinajstić information content (AvgIpc) is 2.55. The molecule has 1 atom stereocenters. The molecule has 2 aromatic carbocycles. The van der Waals surface area contributed by atoms with Crippen molar-refractivity contribution in [3.63, 3.8) is 0 Å². The van der Waals surface area contributed by atoms with Crippen LogP contribution in [0.3, 0.4) is 0 Å². The van der Waals surface area contributed by atoms with E-state index in [2.05, 4.69) is 15.9 Å². The molecular weight excluding hydrogens is 367 g/mol. The molecule has 2 aromatic rings. The Morgan fingerprint density at radius 2 is 2.00 bits per heavy atom. The topological polar surface area (TPSA) is 55.6 Å². The number of benzene rings is 2. The number of rotatable bonds is 3. The maximum absolute atomic E-state index is 14.2. The summed E-state index contributed by atoms with van der Waals surface area (Å²) in [6.45, 7) is 1.51. The van der Waals surface area contributed by atoms with Crippen LogP contribution >= 0.6 is 15.9 Å². The van der Waals surface area contributed by atoms with Crippen molar-refractivity contribution in [2.45, 2.75) is 6.10 Å². The Hall–Kier alpha value is -1.99. The number of morpholine rings is 1. The van der Waals surface area contributed by atoms with E-state index in [1.807, 2.05) is 29.2 Å². The van der Waals surface area contributed by atoms with E-state index in [9.17, 15) is 14.5 Å². The monoisotopic (exact) mass is 380 g/mol. The molecule has 1 saturated heterocycles. The fourth-order valence-corrected chi connectivity index (χ4v) is 2.88. The van der Waals surface area contributed by atoms with Gasteiger partial charge in [-0.1, -0.05) is 28.1 Å². The van der Waals surface area contributed by atoms with Gasteiger partial charge in [0, 0.05) is 23.6 Å². The van der Waals surface area contributed by atoms with E-state index < -0.39 is 10.7 Å². The van der Waals surface area contributed by atoms with Crippen molar-refractivity contribution < 1.29 is 14.1 Å². The lowest BCUT2D eigenvalue weighted by Gasteiger charge is -2.34. The van der Waals surface area contributed by atoms with Crippen molar-refractivity contribution in [2.24, 2.45) is 0 Å². The van der Waals surface area contributed by atoms with Crippen LogP contribution < -0.4 is 4.90 Å². The van der Waals surface area contributed by atoms with Crippen LogP contribution in [0.4, 0.5) is 15.8 Å². The molecule has 1 fully saturated rings. The highest BCUT2D eigenvalue weighted by molar-refractivity contribution is 9.10. The van der Waals surface area contributed by atoms with Gasteiger partial charge in [-0.25, -0.2) is 4.39 Å². The van der Waals surface area contributed by atoms with Crippen LogP contribution in [0.1, 0.15) is 11.7 Å². The number of nitrogens with zero attached hydrogens (tertiary/aromatic N) is 2. The molecule has 23 heavy (non-hydrogen) atoms. The third kappa shape index (κ3) is 3.51. The van der Waals surface area contributed by atoms with Crippen LogP contribution in [0.5, 0.6) is 0 Å². The summed E-state index contributed by atoms with van der Waals surface area (Å²) in [5, 5.41) is 10.7. The molecule has 1 aliphatic heterocycles. The van der Waals surface area contributed by atoms with Crippen LogP contribution in [-0.2, 0) is 4.74 Å². The van der Waals surface area contributed by atoms with Gasteiger partial charge in [0.05, 0.1) is 23.3 Å². The van der Waals surface area contributed by atoms with Gasteiger partial charge >= 0.3 is 0 Å². The minimum atomic E-state index is -0.600. The first-order chi connectivity index (χ1) is 11.0. The second kappa shape index (κ2) is 6.64. The molecule has 0 aromatic heterocycles. The standard InChI is InChI=1S/C16H14BrFN2O3/c17-12-3-1-11(2-4-12)16-10-19(7-8-23-16)15-6-5-13(20(21)22)9-14(15)18/h1-6,9,16H,7-8,10H2. The summed E-state index contributed by atoms with van der Waals surface area (Å²) in [7, 11) is 0. The summed E-state index contributed by atoms with van der Waals surface area (Å²) in [5.41, 5.74) is 1.13. The molecule has 0 N–H and O–H groups in total. The number of hydrogen-bond acceptors (Lipinski definition) is 4. The number of anilines is 1. The van der Waals surface area contributed by atoms with Gasteiger partial charge in [-0.15, -0.1) is 0 Å². The lowest BCUT2D eigenvalue weighted by molar-refractivity contribution is -0.385. The first-order valence-electron chi connectivity index (χ1n) is 7.10. The van der Waals surface area contributed by atoms with E-state index in [0.29, 0.717) is 25.4 Å². The van der Waals surface area contributed by atoms with Crippen LogP contribution in [0.2, 0.25) is 0 Å². The van der Waals surface area contributed by atoms with Crippen LogP contribution in [-0.4, -0.2) is 24.6 Å². The molecule has 0 aliphatic carbocycles.